The molecule has 0 aliphatic rings. The van der Waals surface area contributed by atoms with Crippen LogP contribution in [0, 0.1) is 0 Å². The molecule has 0 aliphatic heterocycles. The van der Waals surface area contributed by atoms with Gasteiger partial charge in [-0.25, -0.2) is 15.0 Å². The fraction of sp³-hybridized carbons (Fsp3) is 0. The summed E-state index contributed by atoms with van der Waals surface area (Å²) in [6.07, 6.45) is 0. The third-order valence-corrected chi connectivity index (χ3v) is 13.4. The molecule has 0 fully saturated rings. The van der Waals surface area contributed by atoms with Crippen molar-refractivity contribution in [2.24, 2.45) is 0 Å². The van der Waals surface area contributed by atoms with Gasteiger partial charge in [0.1, 0.15) is 11.2 Å². The maximum atomic E-state index is 6.23. The Labute approximate surface area is 365 Å². The van der Waals surface area contributed by atoms with Crippen molar-refractivity contribution in [3.63, 3.8) is 0 Å². The summed E-state index contributed by atoms with van der Waals surface area (Å²) >= 11 is 1.79. The van der Waals surface area contributed by atoms with Gasteiger partial charge in [-0.15, -0.1) is 11.3 Å². The van der Waals surface area contributed by atoms with Gasteiger partial charge >= 0.3 is 0 Å². The van der Waals surface area contributed by atoms with Crippen molar-refractivity contribution in [3.8, 4) is 62.1 Å². The molecule has 0 bridgehead atoms. The molecule has 0 atom stereocenters. The molecule has 4 aromatic heterocycles. The Balaban J connectivity index is 1.11. The Bertz CT molecular complexity index is 3870. The molecule has 63 heavy (non-hydrogen) atoms. The van der Waals surface area contributed by atoms with E-state index in [1.165, 1.54) is 43.1 Å². The molecule has 0 radical (unpaired) electrons. The highest BCUT2D eigenvalue weighted by molar-refractivity contribution is 7.26. The van der Waals surface area contributed by atoms with Gasteiger partial charge in [-0.3, -0.25) is 0 Å². The van der Waals surface area contributed by atoms with Gasteiger partial charge in [0, 0.05) is 64.1 Å². The molecular weight excluding hydrogens is 789 g/mol. The predicted molar refractivity (Wildman–Crippen MR) is 262 cm³/mol. The lowest BCUT2D eigenvalue weighted by Crippen LogP contribution is -2.01. The Morgan fingerprint density at radius 1 is 0.365 bits per heavy atom. The van der Waals surface area contributed by atoms with Gasteiger partial charge in [-0.05, 0) is 82.9 Å². The second-order valence-corrected chi connectivity index (χ2v) is 17.0. The molecule has 0 aliphatic carbocycles. The van der Waals surface area contributed by atoms with Gasteiger partial charge in [0.15, 0.2) is 17.5 Å². The van der Waals surface area contributed by atoms with Gasteiger partial charge in [0.05, 0.1) is 11.0 Å². The first-order chi connectivity index (χ1) is 31.2. The zero-order valence-corrected chi connectivity index (χ0v) is 34.6. The van der Waals surface area contributed by atoms with E-state index >= 15 is 0 Å². The Hall–Kier alpha value is -8.19. The van der Waals surface area contributed by atoms with Crippen LogP contribution in [0.25, 0.3) is 126 Å². The lowest BCUT2D eigenvalue weighted by atomic mass is 9.95. The van der Waals surface area contributed by atoms with Crippen LogP contribution < -0.4 is 0 Å². The Kier molecular flexibility index (Phi) is 8.01. The predicted octanol–water partition coefficient (Wildman–Crippen LogP) is 15.6. The van der Waals surface area contributed by atoms with Gasteiger partial charge in [0.25, 0.3) is 0 Å². The molecule has 294 valence electrons. The summed E-state index contributed by atoms with van der Waals surface area (Å²) in [6.45, 7) is 0. The van der Waals surface area contributed by atoms with E-state index in [2.05, 4.69) is 168 Å². The van der Waals surface area contributed by atoms with Gasteiger partial charge in [-0.2, -0.15) is 0 Å². The summed E-state index contributed by atoms with van der Waals surface area (Å²) in [6, 6.07) is 72.8. The normalized spacial score (nSPS) is 11.8. The summed E-state index contributed by atoms with van der Waals surface area (Å²) in [5.74, 6) is 1.83. The highest BCUT2D eigenvalue weighted by Gasteiger charge is 2.22. The average Bonchev–Trinajstić information content (AvgIpc) is 4.04. The number of nitrogens with zero attached hydrogens (tertiary/aromatic N) is 4. The van der Waals surface area contributed by atoms with Crippen LogP contribution in [0.3, 0.4) is 0 Å². The first-order valence-corrected chi connectivity index (χ1v) is 21.9. The molecule has 9 aromatic carbocycles. The van der Waals surface area contributed by atoms with Crippen LogP contribution in [0.1, 0.15) is 0 Å². The van der Waals surface area contributed by atoms with Crippen molar-refractivity contribution in [2.45, 2.75) is 0 Å². The Morgan fingerprint density at radius 2 is 0.968 bits per heavy atom. The summed E-state index contributed by atoms with van der Waals surface area (Å²) in [5, 5.41) is 6.86. The number of hydrogen-bond acceptors (Lipinski definition) is 5. The quantitative estimate of drug-likeness (QED) is 0.168. The van der Waals surface area contributed by atoms with Crippen LogP contribution in [0.15, 0.2) is 211 Å². The highest BCUT2D eigenvalue weighted by atomic mass is 32.1. The molecule has 0 N–H and O–H groups in total. The topological polar surface area (TPSA) is 56.7 Å². The molecule has 4 heterocycles. The minimum Gasteiger partial charge on any atom is -0.456 e. The summed E-state index contributed by atoms with van der Waals surface area (Å²) < 4.78 is 10.9. The van der Waals surface area contributed by atoms with E-state index in [9.17, 15) is 0 Å². The number of fused-ring (bicyclic) bond motifs is 9. The van der Waals surface area contributed by atoms with Crippen molar-refractivity contribution >= 4 is 75.3 Å². The SMILES string of the molecule is c1ccc(-c2cccc(-c3cccc4sc5c(-c6nc(-c7ccccc7)nc(-c7ccc8oc9ccccc9c8c7)n6)cc(-n6c7ccccc7c7ccccc76)cc5c34)c2)cc1. The second kappa shape index (κ2) is 14.2. The zero-order valence-electron chi connectivity index (χ0n) is 33.7. The van der Waals surface area contributed by atoms with Crippen LogP contribution in [-0.4, -0.2) is 19.5 Å². The number of furan rings is 1. The van der Waals surface area contributed by atoms with E-state index in [4.69, 9.17) is 19.4 Å². The number of para-hydroxylation sites is 3. The fourth-order valence-electron chi connectivity index (χ4n) is 9.35. The lowest BCUT2D eigenvalue weighted by Gasteiger charge is -2.14. The molecule has 0 amide bonds. The highest BCUT2D eigenvalue weighted by Crippen LogP contribution is 2.46. The smallest absolute Gasteiger partial charge is 0.165 e. The maximum absolute atomic E-state index is 6.23. The van der Waals surface area contributed by atoms with Crippen molar-refractivity contribution in [1.29, 1.82) is 0 Å². The number of hydrogen-bond donors (Lipinski definition) is 0. The molecule has 0 unspecified atom stereocenters. The minimum absolute atomic E-state index is 0.598. The third kappa shape index (κ3) is 5.80. The van der Waals surface area contributed by atoms with Gasteiger partial charge in [-0.1, -0.05) is 146 Å². The van der Waals surface area contributed by atoms with E-state index in [0.717, 1.165) is 65.4 Å². The average molecular weight is 823 g/mol. The van der Waals surface area contributed by atoms with Gasteiger partial charge < -0.3 is 8.98 Å². The van der Waals surface area contributed by atoms with Crippen LogP contribution in [0.5, 0.6) is 0 Å². The summed E-state index contributed by atoms with van der Waals surface area (Å²) in [5.41, 5.74) is 12.5. The number of benzene rings is 9. The van der Waals surface area contributed by atoms with Crippen LogP contribution in [0.4, 0.5) is 0 Å². The first kappa shape index (κ1) is 35.6. The summed E-state index contributed by atoms with van der Waals surface area (Å²) in [7, 11) is 0. The monoisotopic (exact) mass is 822 g/mol. The van der Waals surface area contributed by atoms with Crippen molar-refractivity contribution in [2.75, 3.05) is 0 Å². The van der Waals surface area contributed by atoms with Crippen LogP contribution >= 0.6 is 11.3 Å². The van der Waals surface area contributed by atoms with Crippen molar-refractivity contribution < 1.29 is 4.42 Å². The zero-order chi connectivity index (χ0) is 41.4. The molecule has 13 aromatic rings. The standard InChI is InChI=1S/C57H34N4OS/c1-3-15-35(16-4-1)37-19-13-20-38(31-37)41-24-14-28-52-53(41)46-33-40(61-48-25-10-7-21-42(48)43-22-8-11-26-49(43)61)34-47(54(46)63-52)57-59-55(36-17-5-2-6-18-36)58-56(60-57)39-29-30-51-45(32-39)44-23-9-12-27-50(44)62-51/h1-34H. The molecule has 0 saturated heterocycles. The van der Waals surface area contributed by atoms with E-state index in [-0.39, 0.29) is 0 Å². The number of thiophene rings is 1. The first-order valence-electron chi connectivity index (χ1n) is 21.1. The van der Waals surface area contributed by atoms with Crippen molar-refractivity contribution in [3.05, 3.63) is 206 Å². The van der Waals surface area contributed by atoms with E-state index in [1.807, 2.05) is 42.5 Å². The number of aromatic nitrogens is 4. The fourth-order valence-corrected chi connectivity index (χ4v) is 10.6. The number of rotatable bonds is 6. The van der Waals surface area contributed by atoms with E-state index in [0.29, 0.717) is 17.5 Å². The van der Waals surface area contributed by atoms with E-state index in [1.54, 1.807) is 11.3 Å². The van der Waals surface area contributed by atoms with Gasteiger partial charge in [0.2, 0.25) is 0 Å². The van der Waals surface area contributed by atoms with Crippen LogP contribution in [0.2, 0.25) is 0 Å². The maximum Gasteiger partial charge on any atom is 0.165 e. The molecular formula is C57H34N4OS. The van der Waals surface area contributed by atoms with Crippen molar-refractivity contribution in [1.82, 2.24) is 19.5 Å². The minimum atomic E-state index is 0.598. The largest absolute Gasteiger partial charge is 0.456 e. The molecule has 5 nitrogen and oxygen atoms in total. The summed E-state index contributed by atoms with van der Waals surface area (Å²) in [4.78, 5) is 15.9. The molecule has 0 saturated carbocycles. The molecule has 0 spiro atoms. The third-order valence-electron chi connectivity index (χ3n) is 12.2. The Morgan fingerprint density at radius 3 is 1.75 bits per heavy atom. The molecule has 6 heteroatoms. The van der Waals surface area contributed by atoms with E-state index < -0.39 is 0 Å². The lowest BCUT2D eigenvalue weighted by molar-refractivity contribution is 0.669. The second-order valence-electron chi connectivity index (χ2n) is 15.9. The molecule has 13 rings (SSSR count). The van der Waals surface area contributed by atoms with Crippen LogP contribution in [-0.2, 0) is 0 Å².